The minimum Gasteiger partial charge on any atom is -0.353 e. The molecule has 0 atom stereocenters. The summed E-state index contributed by atoms with van der Waals surface area (Å²) in [7, 11) is 0. The van der Waals surface area contributed by atoms with Gasteiger partial charge in [-0.3, -0.25) is 0 Å². The van der Waals surface area contributed by atoms with Crippen LogP contribution in [-0.2, 0) is 0 Å². The third-order valence-corrected chi connectivity index (χ3v) is 4.27. The van der Waals surface area contributed by atoms with Gasteiger partial charge in [-0.15, -0.1) is 0 Å². The zero-order chi connectivity index (χ0) is 15.8. The number of allylic oxidation sites excluding steroid dienone is 1. The van der Waals surface area contributed by atoms with Gasteiger partial charge in [0.25, 0.3) is 0 Å². The second-order valence-corrected chi connectivity index (χ2v) is 5.60. The second kappa shape index (κ2) is 5.33. The maximum Gasteiger partial charge on any atom is 0.0771 e. The number of hydrogen-bond donors (Lipinski definition) is 1. The summed E-state index contributed by atoms with van der Waals surface area (Å²) < 4.78 is 2.24. The number of aromatic amines is 1. The van der Waals surface area contributed by atoms with Gasteiger partial charge in [-0.2, -0.15) is 0 Å². The molecule has 0 fully saturated rings. The summed E-state index contributed by atoms with van der Waals surface area (Å²) in [5.74, 6) is 0. The van der Waals surface area contributed by atoms with Crippen molar-refractivity contribution in [2.45, 2.75) is 6.92 Å². The Morgan fingerprint density at radius 3 is 2.61 bits per heavy atom. The molecule has 2 heterocycles. The molecule has 4 rings (SSSR count). The first-order valence-electron chi connectivity index (χ1n) is 7.80. The van der Waals surface area contributed by atoms with Crippen LogP contribution in [0.5, 0.6) is 0 Å². The van der Waals surface area contributed by atoms with Gasteiger partial charge < -0.3 is 9.55 Å². The fourth-order valence-electron chi connectivity index (χ4n) is 3.25. The molecule has 0 spiro atoms. The van der Waals surface area contributed by atoms with E-state index < -0.39 is 0 Å². The van der Waals surface area contributed by atoms with E-state index in [2.05, 4.69) is 70.9 Å². The Bertz CT molecular complexity index is 1030. The molecular weight excluding hydrogens is 280 g/mol. The molecule has 0 aliphatic carbocycles. The van der Waals surface area contributed by atoms with Crippen LogP contribution in [-0.4, -0.2) is 9.55 Å². The maximum atomic E-state index is 3.98. The average molecular weight is 298 g/mol. The maximum absolute atomic E-state index is 3.98. The number of hydrogen-bond acceptors (Lipinski definition) is 0. The van der Waals surface area contributed by atoms with Crippen molar-refractivity contribution in [1.82, 2.24) is 9.55 Å². The third-order valence-electron chi connectivity index (χ3n) is 4.27. The van der Waals surface area contributed by atoms with Gasteiger partial charge >= 0.3 is 0 Å². The highest BCUT2D eigenvalue weighted by Gasteiger charge is 2.13. The van der Waals surface area contributed by atoms with Gasteiger partial charge in [0, 0.05) is 33.9 Å². The quantitative estimate of drug-likeness (QED) is 0.494. The summed E-state index contributed by atoms with van der Waals surface area (Å²) in [5, 5.41) is 2.43. The number of nitrogens with zero attached hydrogens (tertiary/aromatic N) is 1. The van der Waals surface area contributed by atoms with Crippen molar-refractivity contribution in [3.8, 4) is 5.69 Å². The molecule has 0 unspecified atom stereocenters. The first-order chi connectivity index (χ1) is 11.3. The Balaban J connectivity index is 2.12. The molecule has 2 aromatic carbocycles. The van der Waals surface area contributed by atoms with Crippen molar-refractivity contribution in [1.29, 1.82) is 0 Å². The summed E-state index contributed by atoms with van der Waals surface area (Å²) in [6.45, 7) is 6.01. The Labute approximate surface area is 135 Å². The Morgan fingerprint density at radius 1 is 1.04 bits per heavy atom. The lowest BCUT2D eigenvalue weighted by atomic mass is 10.1. The lowest BCUT2D eigenvalue weighted by Crippen LogP contribution is -1.91. The molecule has 0 saturated carbocycles. The number of H-pyrrole nitrogens is 1. The minimum absolute atomic E-state index is 1.10. The highest BCUT2D eigenvalue weighted by molar-refractivity contribution is 6.08. The first kappa shape index (κ1) is 13.6. The predicted molar refractivity (Wildman–Crippen MR) is 99.9 cm³/mol. The number of para-hydroxylation sites is 1. The lowest BCUT2D eigenvalue weighted by Gasteiger charge is -2.06. The van der Waals surface area contributed by atoms with Crippen molar-refractivity contribution in [3.05, 3.63) is 78.6 Å². The molecule has 0 bridgehead atoms. The number of benzene rings is 2. The van der Waals surface area contributed by atoms with E-state index in [1.807, 2.05) is 25.1 Å². The molecule has 2 aromatic heterocycles. The van der Waals surface area contributed by atoms with Gasteiger partial charge in [0.05, 0.1) is 11.0 Å². The van der Waals surface area contributed by atoms with Crippen molar-refractivity contribution in [2.75, 3.05) is 0 Å². The zero-order valence-electron chi connectivity index (χ0n) is 13.1. The molecule has 0 aliphatic heterocycles. The van der Waals surface area contributed by atoms with Crippen LogP contribution >= 0.6 is 0 Å². The van der Waals surface area contributed by atoms with E-state index in [1.165, 1.54) is 16.3 Å². The number of fused-ring (bicyclic) bond motifs is 3. The number of nitrogens with one attached hydrogen (secondary N) is 1. The largest absolute Gasteiger partial charge is 0.353 e. The smallest absolute Gasteiger partial charge is 0.0771 e. The fraction of sp³-hybridized carbons (Fsp3) is 0.0476. The molecular formula is C21H18N2. The number of rotatable bonds is 3. The van der Waals surface area contributed by atoms with E-state index in [0.29, 0.717) is 0 Å². The Morgan fingerprint density at radius 2 is 1.87 bits per heavy atom. The van der Waals surface area contributed by atoms with Gasteiger partial charge in [-0.05, 0) is 31.2 Å². The molecule has 0 amide bonds. The Hall–Kier alpha value is -3.00. The molecule has 1 N–H and O–H groups in total. The molecule has 0 aliphatic rings. The van der Waals surface area contributed by atoms with Crippen LogP contribution in [0, 0.1) is 0 Å². The van der Waals surface area contributed by atoms with E-state index in [4.69, 9.17) is 0 Å². The van der Waals surface area contributed by atoms with Gasteiger partial charge in [-0.25, -0.2) is 0 Å². The van der Waals surface area contributed by atoms with Crippen LogP contribution in [0.3, 0.4) is 0 Å². The van der Waals surface area contributed by atoms with E-state index >= 15 is 0 Å². The van der Waals surface area contributed by atoms with Gasteiger partial charge in [0.1, 0.15) is 0 Å². The molecule has 2 nitrogen and oxygen atoms in total. The van der Waals surface area contributed by atoms with Gasteiger partial charge in [-0.1, -0.05) is 49.1 Å². The van der Waals surface area contributed by atoms with E-state index in [0.717, 1.165) is 22.5 Å². The third kappa shape index (κ3) is 2.03. The second-order valence-electron chi connectivity index (χ2n) is 5.60. The Kier molecular flexibility index (Phi) is 3.16. The summed E-state index contributed by atoms with van der Waals surface area (Å²) in [5.41, 5.74) is 5.77. The highest BCUT2D eigenvalue weighted by Crippen LogP contribution is 2.32. The summed E-state index contributed by atoms with van der Waals surface area (Å²) in [6, 6.07) is 16.9. The monoisotopic (exact) mass is 298 g/mol. The summed E-state index contributed by atoms with van der Waals surface area (Å²) in [6.07, 6.45) is 8.20. The topological polar surface area (TPSA) is 20.7 Å². The van der Waals surface area contributed by atoms with Crippen molar-refractivity contribution < 1.29 is 0 Å². The lowest BCUT2D eigenvalue weighted by molar-refractivity contribution is 1.13. The van der Waals surface area contributed by atoms with E-state index in [1.54, 1.807) is 0 Å². The van der Waals surface area contributed by atoms with Crippen LogP contribution in [0.15, 0.2) is 67.4 Å². The van der Waals surface area contributed by atoms with Crippen LogP contribution in [0.2, 0.25) is 0 Å². The van der Waals surface area contributed by atoms with Crippen LogP contribution in [0.25, 0.3) is 39.6 Å². The molecule has 0 radical (unpaired) electrons. The van der Waals surface area contributed by atoms with Crippen LogP contribution in [0.4, 0.5) is 0 Å². The van der Waals surface area contributed by atoms with Crippen molar-refractivity contribution in [3.63, 3.8) is 0 Å². The molecule has 2 heteroatoms. The van der Waals surface area contributed by atoms with Gasteiger partial charge in [0.15, 0.2) is 0 Å². The molecule has 4 aromatic rings. The first-order valence-corrected chi connectivity index (χ1v) is 7.80. The fourth-order valence-corrected chi connectivity index (χ4v) is 3.25. The highest BCUT2D eigenvalue weighted by atomic mass is 15.0. The van der Waals surface area contributed by atoms with Crippen molar-refractivity contribution in [2.24, 2.45) is 0 Å². The number of aromatic nitrogens is 2. The molecule has 112 valence electrons. The molecule has 0 saturated heterocycles. The zero-order valence-corrected chi connectivity index (χ0v) is 13.1. The summed E-state index contributed by atoms with van der Waals surface area (Å²) >= 11 is 0. The van der Waals surface area contributed by atoms with E-state index in [9.17, 15) is 0 Å². The van der Waals surface area contributed by atoms with Crippen molar-refractivity contribution >= 4 is 34.0 Å². The SMILES string of the molecule is C=Cc1c(/C=C\C)[nH]c2c1ccc1ccn(-c3ccccc3)c12. The minimum atomic E-state index is 1.10. The van der Waals surface area contributed by atoms with Crippen LogP contribution in [0.1, 0.15) is 18.2 Å². The predicted octanol–water partition coefficient (Wildman–Crippen LogP) is 5.79. The summed E-state index contributed by atoms with van der Waals surface area (Å²) in [4.78, 5) is 3.58. The molecule has 23 heavy (non-hydrogen) atoms. The van der Waals surface area contributed by atoms with Gasteiger partial charge in [0.2, 0.25) is 0 Å². The standard InChI is InChI=1S/C21H18N2/c1-3-8-19-17(4-2)18-12-11-15-13-14-23(21(15)20(18)22-19)16-9-6-5-7-10-16/h3-14,22H,2H2,1H3/b8-3-. The van der Waals surface area contributed by atoms with E-state index in [-0.39, 0.29) is 0 Å². The normalized spacial score (nSPS) is 11.7. The average Bonchev–Trinajstić information content (AvgIpc) is 3.16. The van der Waals surface area contributed by atoms with Crippen LogP contribution < -0.4 is 0 Å².